The summed E-state index contributed by atoms with van der Waals surface area (Å²) in [5.41, 5.74) is 0. The van der Waals surface area contributed by atoms with Crippen LogP contribution in [0.1, 0.15) is 38.1 Å². The van der Waals surface area contributed by atoms with E-state index in [-0.39, 0.29) is 11.9 Å². The van der Waals surface area contributed by atoms with Crippen LogP contribution in [0.25, 0.3) is 0 Å². The van der Waals surface area contributed by atoms with Crippen molar-refractivity contribution in [3.63, 3.8) is 0 Å². The number of hydrogen-bond donors (Lipinski definition) is 3. The van der Waals surface area contributed by atoms with Gasteiger partial charge >= 0.3 is 0 Å². The fourth-order valence-corrected chi connectivity index (χ4v) is 1.95. The fourth-order valence-electron chi connectivity index (χ4n) is 1.95. The van der Waals surface area contributed by atoms with Gasteiger partial charge in [0.15, 0.2) is 0 Å². The molecule has 88 valence electrons. The summed E-state index contributed by atoms with van der Waals surface area (Å²) in [6.45, 7) is 2.91. The normalized spacial score (nSPS) is 21.9. The molecule has 1 aromatic heterocycles. The Hall–Kier alpha value is -1.43. The molecular weight excluding hydrogens is 206 g/mol. The maximum atomic E-state index is 11.7. The third kappa shape index (κ3) is 2.79. The van der Waals surface area contributed by atoms with Crippen molar-refractivity contribution >= 4 is 5.91 Å². The fraction of sp³-hybridized carbons (Fsp3) is 0.700. The molecule has 1 fully saturated rings. The van der Waals surface area contributed by atoms with Crippen molar-refractivity contribution in [1.29, 1.82) is 0 Å². The highest BCUT2D eigenvalue weighted by molar-refractivity contribution is 5.76. The van der Waals surface area contributed by atoms with E-state index in [0.717, 1.165) is 19.4 Å². The Labute approximate surface area is 94.2 Å². The van der Waals surface area contributed by atoms with E-state index in [1.807, 2.05) is 6.92 Å². The van der Waals surface area contributed by atoms with Crippen LogP contribution in [0.2, 0.25) is 0 Å². The number of nitrogens with zero attached hydrogens (tertiary/aromatic N) is 2. The predicted octanol–water partition coefficient (Wildman–Crippen LogP) is 0.124. The van der Waals surface area contributed by atoms with Crippen LogP contribution in [0.15, 0.2) is 6.33 Å². The second-order valence-corrected chi connectivity index (χ2v) is 4.16. The van der Waals surface area contributed by atoms with Crippen LogP contribution in [-0.4, -0.2) is 33.7 Å². The number of aromatic amines is 1. The molecule has 2 rings (SSSR count). The van der Waals surface area contributed by atoms with Crippen LogP contribution in [0.5, 0.6) is 0 Å². The lowest BCUT2D eigenvalue weighted by atomic mass is 10.1. The third-order valence-corrected chi connectivity index (χ3v) is 2.82. The van der Waals surface area contributed by atoms with E-state index in [4.69, 9.17) is 0 Å². The number of rotatable bonds is 4. The second-order valence-electron chi connectivity index (χ2n) is 4.16. The molecule has 2 unspecified atom stereocenters. The minimum absolute atomic E-state index is 0.0586. The summed E-state index contributed by atoms with van der Waals surface area (Å²) in [6, 6.07) is 0.221. The van der Waals surface area contributed by atoms with Gasteiger partial charge < -0.3 is 10.6 Å². The first-order valence-corrected chi connectivity index (χ1v) is 5.63. The molecule has 1 aromatic rings. The van der Waals surface area contributed by atoms with Crippen LogP contribution in [0, 0.1) is 0 Å². The van der Waals surface area contributed by atoms with Crippen LogP contribution in [0.4, 0.5) is 0 Å². The molecule has 16 heavy (non-hydrogen) atoms. The predicted molar refractivity (Wildman–Crippen MR) is 58.6 cm³/mol. The highest BCUT2D eigenvalue weighted by Gasteiger charge is 2.19. The van der Waals surface area contributed by atoms with Crippen molar-refractivity contribution in [1.82, 2.24) is 25.8 Å². The summed E-state index contributed by atoms with van der Waals surface area (Å²) in [5, 5.41) is 12.7. The summed E-state index contributed by atoms with van der Waals surface area (Å²) in [4.78, 5) is 15.7. The van der Waals surface area contributed by atoms with Gasteiger partial charge in [0, 0.05) is 12.5 Å². The molecule has 2 atom stereocenters. The lowest BCUT2D eigenvalue weighted by Gasteiger charge is -2.13. The van der Waals surface area contributed by atoms with Crippen molar-refractivity contribution in [2.75, 3.05) is 6.54 Å². The monoisotopic (exact) mass is 223 g/mol. The van der Waals surface area contributed by atoms with Crippen molar-refractivity contribution in [3.05, 3.63) is 12.2 Å². The molecule has 0 radical (unpaired) electrons. The largest absolute Gasteiger partial charge is 0.346 e. The van der Waals surface area contributed by atoms with Gasteiger partial charge in [-0.1, -0.05) is 0 Å². The molecule has 0 saturated carbocycles. The molecule has 1 saturated heterocycles. The Morgan fingerprint density at radius 3 is 3.25 bits per heavy atom. The van der Waals surface area contributed by atoms with Gasteiger partial charge in [0.25, 0.3) is 0 Å². The SMILES string of the molecule is CC(NC(=O)CC1CCCN1)c1ncn[nH]1. The van der Waals surface area contributed by atoms with E-state index in [2.05, 4.69) is 25.8 Å². The Balaban J connectivity index is 1.78. The highest BCUT2D eigenvalue weighted by atomic mass is 16.1. The summed E-state index contributed by atoms with van der Waals surface area (Å²) in [5.74, 6) is 0.746. The van der Waals surface area contributed by atoms with E-state index >= 15 is 0 Å². The topological polar surface area (TPSA) is 82.7 Å². The molecule has 1 aliphatic rings. The molecule has 3 N–H and O–H groups in total. The molecular formula is C10H17N5O. The number of nitrogens with one attached hydrogen (secondary N) is 3. The lowest BCUT2D eigenvalue weighted by Crippen LogP contribution is -2.33. The van der Waals surface area contributed by atoms with Gasteiger partial charge in [0.1, 0.15) is 12.2 Å². The first-order valence-electron chi connectivity index (χ1n) is 5.63. The first kappa shape index (κ1) is 11.1. The van der Waals surface area contributed by atoms with Crippen LogP contribution in [-0.2, 0) is 4.79 Å². The standard InChI is InChI=1S/C10H17N5O/c1-7(10-12-6-13-15-10)14-9(16)5-8-3-2-4-11-8/h6-8,11H,2-5H2,1H3,(H,14,16)(H,12,13,15). The lowest BCUT2D eigenvalue weighted by molar-refractivity contribution is -0.122. The van der Waals surface area contributed by atoms with Gasteiger partial charge in [0.2, 0.25) is 5.91 Å². The van der Waals surface area contributed by atoms with E-state index < -0.39 is 0 Å². The Bertz CT molecular complexity index is 331. The number of amides is 1. The van der Waals surface area contributed by atoms with Crippen LogP contribution >= 0.6 is 0 Å². The van der Waals surface area contributed by atoms with Gasteiger partial charge in [-0.3, -0.25) is 9.89 Å². The highest BCUT2D eigenvalue weighted by Crippen LogP contribution is 2.10. The zero-order chi connectivity index (χ0) is 11.4. The van der Waals surface area contributed by atoms with E-state index in [9.17, 15) is 4.79 Å². The Morgan fingerprint density at radius 1 is 1.75 bits per heavy atom. The number of H-pyrrole nitrogens is 1. The quantitative estimate of drug-likeness (QED) is 0.677. The molecule has 0 aliphatic carbocycles. The van der Waals surface area contributed by atoms with E-state index in [1.54, 1.807) is 0 Å². The summed E-state index contributed by atoms with van der Waals surface area (Å²) in [7, 11) is 0. The van der Waals surface area contributed by atoms with Gasteiger partial charge in [0.05, 0.1) is 6.04 Å². The molecule has 1 amide bonds. The Kier molecular flexibility index (Phi) is 3.51. The summed E-state index contributed by atoms with van der Waals surface area (Å²) in [6.07, 6.45) is 4.23. The zero-order valence-corrected chi connectivity index (χ0v) is 9.36. The zero-order valence-electron chi connectivity index (χ0n) is 9.36. The summed E-state index contributed by atoms with van der Waals surface area (Å²) >= 11 is 0. The van der Waals surface area contributed by atoms with Crippen molar-refractivity contribution < 1.29 is 4.79 Å². The van der Waals surface area contributed by atoms with Crippen molar-refractivity contribution in [2.24, 2.45) is 0 Å². The molecule has 0 spiro atoms. The van der Waals surface area contributed by atoms with Crippen molar-refractivity contribution in [3.8, 4) is 0 Å². The van der Waals surface area contributed by atoms with Crippen molar-refractivity contribution in [2.45, 2.75) is 38.3 Å². The van der Waals surface area contributed by atoms with Gasteiger partial charge in [-0.2, -0.15) is 5.10 Å². The second kappa shape index (κ2) is 5.07. The Morgan fingerprint density at radius 2 is 2.62 bits per heavy atom. The molecule has 6 nitrogen and oxygen atoms in total. The van der Waals surface area contributed by atoms with E-state index in [1.165, 1.54) is 6.33 Å². The number of aromatic nitrogens is 3. The average Bonchev–Trinajstić information content (AvgIpc) is 2.88. The molecule has 6 heteroatoms. The smallest absolute Gasteiger partial charge is 0.222 e. The first-order chi connectivity index (χ1) is 7.75. The maximum Gasteiger partial charge on any atom is 0.222 e. The number of carbonyl (C=O) groups is 1. The minimum atomic E-state index is -0.114. The molecule has 1 aliphatic heterocycles. The van der Waals surface area contributed by atoms with Gasteiger partial charge in [-0.15, -0.1) is 0 Å². The summed E-state index contributed by atoms with van der Waals surface area (Å²) < 4.78 is 0. The average molecular weight is 223 g/mol. The van der Waals surface area contributed by atoms with Gasteiger partial charge in [-0.05, 0) is 26.3 Å². The van der Waals surface area contributed by atoms with Gasteiger partial charge in [-0.25, -0.2) is 4.98 Å². The third-order valence-electron chi connectivity index (χ3n) is 2.82. The molecule has 2 heterocycles. The van der Waals surface area contributed by atoms with E-state index in [0.29, 0.717) is 18.3 Å². The molecule has 0 bridgehead atoms. The van der Waals surface area contributed by atoms with Crippen LogP contribution in [0.3, 0.4) is 0 Å². The minimum Gasteiger partial charge on any atom is -0.346 e. The number of carbonyl (C=O) groups excluding carboxylic acids is 1. The van der Waals surface area contributed by atoms with Crippen LogP contribution < -0.4 is 10.6 Å². The maximum absolute atomic E-state index is 11.7. The molecule has 0 aromatic carbocycles. The number of hydrogen-bond acceptors (Lipinski definition) is 4.